The first-order valence-corrected chi connectivity index (χ1v) is 6.14. The van der Waals surface area contributed by atoms with Crippen molar-refractivity contribution in [3.05, 3.63) is 47.8 Å². The molecule has 1 amide bonds. The Hall–Kier alpha value is -2.01. The van der Waals surface area contributed by atoms with E-state index in [1.165, 1.54) is 36.4 Å². The quantitative estimate of drug-likeness (QED) is 0.653. The predicted molar refractivity (Wildman–Crippen MR) is 69.3 cm³/mol. The Labute approximate surface area is 110 Å². The van der Waals surface area contributed by atoms with E-state index in [0.717, 1.165) is 13.1 Å². The van der Waals surface area contributed by atoms with E-state index in [1.54, 1.807) is 4.90 Å². The highest BCUT2D eigenvalue weighted by atomic mass is 19.1. The van der Waals surface area contributed by atoms with Crippen LogP contribution in [0, 0.1) is 5.82 Å². The molecule has 1 aromatic carbocycles. The van der Waals surface area contributed by atoms with Gasteiger partial charge >= 0.3 is 0 Å². The predicted octanol–water partition coefficient (Wildman–Crippen LogP) is 0.996. The van der Waals surface area contributed by atoms with Gasteiger partial charge in [0.1, 0.15) is 5.82 Å². The Morgan fingerprint density at radius 2 is 1.74 bits per heavy atom. The minimum Gasteiger partial charge on any atom is -0.337 e. The monoisotopic (exact) mass is 262 g/mol. The maximum atomic E-state index is 12.7. The lowest BCUT2D eigenvalue weighted by atomic mass is 10.1. The van der Waals surface area contributed by atoms with E-state index in [9.17, 15) is 14.0 Å². The van der Waals surface area contributed by atoms with Crippen LogP contribution in [0.4, 0.5) is 4.39 Å². The van der Waals surface area contributed by atoms with Gasteiger partial charge in [0.2, 0.25) is 5.91 Å². The number of rotatable bonds is 3. The van der Waals surface area contributed by atoms with Crippen LogP contribution in [0.5, 0.6) is 0 Å². The minimum atomic E-state index is -0.391. The lowest BCUT2D eigenvalue weighted by Gasteiger charge is -2.26. The average molecular weight is 262 g/mol. The molecule has 5 heteroatoms. The molecule has 0 unspecified atom stereocenters. The zero-order valence-electron chi connectivity index (χ0n) is 10.4. The van der Waals surface area contributed by atoms with Gasteiger partial charge in [-0.1, -0.05) is 0 Å². The van der Waals surface area contributed by atoms with Crippen LogP contribution in [0.25, 0.3) is 0 Å². The fourth-order valence-electron chi connectivity index (χ4n) is 1.85. The minimum absolute atomic E-state index is 0.169. The van der Waals surface area contributed by atoms with Crippen LogP contribution in [0.15, 0.2) is 36.4 Å². The first-order chi connectivity index (χ1) is 9.16. The van der Waals surface area contributed by atoms with Gasteiger partial charge in [-0.15, -0.1) is 0 Å². The van der Waals surface area contributed by atoms with Crippen LogP contribution in [0.1, 0.15) is 10.4 Å². The zero-order chi connectivity index (χ0) is 13.7. The number of amides is 1. The highest BCUT2D eigenvalue weighted by Gasteiger charge is 2.13. The second-order valence-corrected chi connectivity index (χ2v) is 4.28. The van der Waals surface area contributed by atoms with Crippen LogP contribution in [-0.4, -0.2) is 42.8 Å². The number of benzene rings is 1. The smallest absolute Gasteiger partial charge is 0.246 e. The molecule has 1 saturated heterocycles. The molecule has 1 fully saturated rings. The summed E-state index contributed by atoms with van der Waals surface area (Å²) in [6.45, 7) is 2.83. The normalized spacial score (nSPS) is 15.7. The van der Waals surface area contributed by atoms with Gasteiger partial charge in [-0.05, 0) is 30.3 Å². The van der Waals surface area contributed by atoms with Crippen molar-refractivity contribution in [1.29, 1.82) is 0 Å². The summed E-state index contributed by atoms with van der Waals surface area (Å²) >= 11 is 0. The Balaban J connectivity index is 1.95. The molecule has 1 aromatic rings. The molecule has 2 rings (SSSR count). The van der Waals surface area contributed by atoms with Gasteiger partial charge in [0.05, 0.1) is 0 Å². The topological polar surface area (TPSA) is 49.4 Å². The molecule has 1 N–H and O–H groups in total. The first-order valence-electron chi connectivity index (χ1n) is 6.14. The fraction of sp³-hybridized carbons (Fsp3) is 0.286. The number of halogens is 1. The summed E-state index contributed by atoms with van der Waals surface area (Å²) < 4.78 is 12.7. The molecule has 1 aliphatic heterocycles. The van der Waals surface area contributed by atoms with Crippen LogP contribution in [-0.2, 0) is 4.79 Å². The van der Waals surface area contributed by atoms with Crippen molar-refractivity contribution in [3.63, 3.8) is 0 Å². The third-order valence-corrected chi connectivity index (χ3v) is 2.93. The Bertz CT molecular complexity index is 491. The van der Waals surface area contributed by atoms with Crippen molar-refractivity contribution in [3.8, 4) is 0 Å². The zero-order valence-corrected chi connectivity index (χ0v) is 10.4. The molecular formula is C14H15FN2O2. The molecule has 0 saturated carbocycles. The summed E-state index contributed by atoms with van der Waals surface area (Å²) in [6, 6.07) is 5.24. The van der Waals surface area contributed by atoms with Crippen molar-refractivity contribution in [2.75, 3.05) is 26.2 Å². The molecule has 1 heterocycles. The summed E-state index contributed by atoms with van der Waals surface area (Å²) in [5.41, 5.74) is 0.366. The molecule has 4 nitrogen and oxygen atoms in total. The van der Waals surface area contributed by atoms with E-state index >= 15 is 0 Å². The lowest BCUT2D eigenvalue weighted by Crippen LogP contribution is -2.45. The SMILES string of the molecule is O=C(/C=C/C(=O)N1CCNCC1)c1ccc(F)cc1. The number of ketones is 1. The molecule has 1 aliphatic rings. The van der Waals surface area contributed by atoms with Crippen LogP contribution >= 0.6 is 0 Å². The molecule has 0 spiro atoms. The van der Waals surface area contributed by atoms with Gasteiger partial charge in [0.15, 0.2) is 5.78 Å². The van der Waals surface area contributed by atoms with Crippen LogP contribution in [0.3, 0.4) is 0 Å². The van der Waals surface area contributed by atoms with Crippen LogP contribution < -0.4 is 5.32 Å². The maximum absolute atomic E-state index is 12.7. The molecule has 100 valence electrons. The number of hydrogen-bond acceptors (Lipinski definition) is 3. The van der Waals surface area contributed by atoms with E-state index in [-0.39, 0.29) is 11.7 Å². The van der Waals surface area contributed by atoms with Gasteiger partial charge in [-0.25, -0.2) is 4.39 Å². The van der Waals surface area contributed by atoms with Gasteiger partial charge in [-0.3, -0.25) is 9.59 Å². The number of nitrogens with one attached hydrogen (secondary N) is 1. The van der Waals surface area contributed by atoms with Gasteiger partial charge in [-0.2, -0.15) is 0 Å². The molecule has 0 atom stereocenters. The molecule has 0 radical (unpaired) electrons. The Morgan fingerprint density at radius 1 is 1.11 bits per heavy atom. The summed E-state index contributed by atoms with van der Waals surface area (Å²) in [5.74, 6) is -0.863. The molecule has 0 aromatic heterocycles. The molecule has 19 heavy (non-hydrogen) atoms. The summed E-state index contributed by atoms with van der Waals surface area (Å²) in [6.07, 6.45) is 2.51. The summed E-state index contributed by atoms with van der Waals surface area (Å²) in [4.78, 5) is 25.2. The largest absolute Gasteiger partial charge is 0.337 e. The van der Waals surface area contributed by atoms with Crippen molar-refractivity contribution in [2.24, 2.45) is 0 Å². The van der Waals surface area contributed by atoms with E-state index in [0.29, 0.717) is 18.7 Å². The molecule has 0 bridgehead atoms. The van der Waals surface area contributed by atoms with Crippen molar-refractivity contribution in [2.45, 2.75) is 0 Å². The second-order valence-electron chi connectivity index (χ2n) is 4.28. The van der Waals surface area contributed by atoms with Gasteiger partial charge in [0, 0.05) is 37.8 Å². The van der Waals surface area contributed by atoms with Crippen molar-refractivity contribution < 1.29 is 14.0 Å². The average Bonchev–Trinajstić information content (AvgIpc) is 2.46. The van der Waals surface area contributed by atoms with Gasteiger partial charge < -0.3 is 10.2 Å². The summed E-state index contributed by atoms with van der Waals surface area (Å²) in [7, 11) is 0. The highest BCUT2D eigenvalue weighted by molar-refractivity contribution is 6.07. The van der Waals surface area contributed by atoms with E-state index in [4.69, 9.17) is 0 Å². The lowest BCUT2D eigenvalue weighted by molar-refractivity contribution is -0.126. The van der Waals surface area contributed by atoms with E-state index < -0.39 is 5.82 Å². The number of piperazine rings is 1. The maximum Gasteiger partial charge on any atom is 0.246 e. The Kier molecular flexibility index (Phi) is 4.41. The Morgan fingerprint density at radius 3 is 2.37 bits per heavy atom. The number of carbonyl (C=O) groups is 2. The highest BCUT2D eigenvalue weighted by Crippen LogP contribution is 2.05. The number of nitrogens with zero attached hydrogens (tertiary/aromatic N) is 1. The second kappa shape index (κ2) is 6.24. The van der Waals surface area contributed by atoms with Crippen LogP contribution in [0.2, 0.25) is 0 Å². The third kappa shape index (κ3) is 3.72. The van der Waals surface area contributed by atoms with E-state index in [1.807, 2.05) is 0 Å². The third-order valence-electron chi connectivity index (χ3n) is 2.93. The summed E-state index contributed by atoms with van der Waals surface area (Å²) in [5, 5.41) is 3.15. The standard InChI is InChI=1S/C14H15FN2O2/c15-12-3-1-11(2-4-12)13(18)5-6-14(19)17-9-7-16-8-10-17/h1-6,16H,7-10H2/b6-5+. The van der Waals surface area contributed by atoms with Crippen molar-refractivity contribution >= 4 is 11.7 Å². The van der Waals surface area contributed by atoms with Crippen molar-refractivity contribution in [1.82, 2.24) is 10.2 Å². The van der Waals surface area contributed by atoms with Gasteiger partial charge in [0.25, 0.3) is 0 Å². The first kappa shape index (κ1) is 13.4. The fourth-order valence-corrected chi connectivity index (χ4v) is 1.85. The number of carbonyl (C=O) groups excluding carboxylic acids is 2. The molecule has 0 aliphatic carbocycles. The molecular weight excluding hydrogens is 247 g/mol. The number of allylic oxidation sites excluding steroid dienone is 1. The van der Waals surface area contributed by atoms with E-state index in [2.05, 4.69) is 5.32 Å². The number of hydrogen-bond donors (Lipinski definition) is 1.